The number of carbonyl (C=O) groups is 1. The summed E-state index contributed by atoms with van der Waals surface area (Å²) in [5, 5.41) is 3.20. The molecule has 1 aliphatic heterocycles. The minimum atomic E-state index is -0.166. The third-order valence-corrected chi connectivity index (χ3v) is 5.14. The van der Waals surface area contributed by atoms with Crippen molar-refractivity contribution in [1.29, 1.82) is 0 Å². The minimum Gasteiger partial charge on any atom is -0.352 e. The monoisotopic (exact) mass is 320 g/mol. The molecule has 4 rings (SSSR count). The Morgan fingerprint density at radius 2 is 1.62 bits per heavy atom. The van der Waals surface area contributed by atoms with Gasteiger partial charge in [-0.25, -0.2) is 0 Å². The number of nitrogens with zero attached hydrogens (tertiary/aromatic N) is 1. The Morgan fingerprint density at radius 3 is 2.29 bits per heavy atom. The van der Waals surface area contributed by atoms with Gasteiger partial charge in [0.25, 0.3) is 0 Å². The molecule has 2 aromatic carbocycles. The molecule has 2 aromatic rings. The van der Waals surface area contributed by atoms with Crippen LogP contribution in [0.25, 0.3) is 0 Å². The Morgan fingerprint density at radius 1 is 0.958 bits per heavy atom. The van der Waals surface area contributed by atoms with Gasteiger partial charge < -0.3 is 5.32 Å². The summed E-state index contributed by atoms with van der Waals surface area (Å²) < 4.78 is 0. The van der Waals surface area contributed by atoms with E-state index < -0.39 is 0 Å². The highest BCUT2D eigenvalue weighted by molar-refractivity contribution is 5.83. The molecule has 1 aliphatic carbocycles. The van der Waals surface area contributed by atoms with Crippen molar-refractivity contribution in [3.05, 3.63) is 71.8 Å². The average molecular weight is 320 g/mol. The Kier molecular flexibility index (Phi) is 4.35. The summed E-state index contributed by atoms with van der Waals surface area (Å²) in [5.41, 5.74) is 2.48. The number of carbonyl (C=O) groups excluding carboxylic acids is 1. The van der Waals surface area contributed by atoms with E-state index in [0.717, 1.165) is 37.9 Å². The molecular weight excluding hydrogens is 296 g/mol. The predicted octanol–water partition coefficient (Wildman–Crippen LogP) is 3.50. The third kappa shape index (κ3) is 3.36. The van der Waals surface area contributed by atoms with E-state index in [9.17, 15) is 4.79 Å². The third-order valence-electron chi connectivity index (χ3n) is 5.14. The van der Waals surface area contributed by atoms with Crippen LogP contribution in [0.3, 0.4) is 0 Å². The molecule has 2 aliphatic rings. The zero-order chi connectivity index (χ0) is 16.4. The molecule has 1 N–H and O–H groups in total. The van der Waals surface area contributed by atoms with Crippen molar-refractivity contribution in [2.45, 2.75) is 37.3 Å². The van der Waals surface area contributed by atoms with E-state index >= 15 is 0 Å². The SMILES string of the molecule is O=C(NC1CC1)[C@@H](c1ccccc1)N1CC[C@H](c2ccccc2)C1. The Labute approximate surface area is 143 Å². The summed E-state index contributed by atoms with van der Waals surface area (Å²) in [6, 6.07) is 21.1. The first-order chi connectivity index (χ1) is 11.8. The highest BCUT2D eigenvalue weighted by Gasteiger charge is 2.36. The first-order valence-corrected chi connectivity index (χ1v) is 8.95. The number of hydrogen-bond donors (Lipinski definition) is 1. The van der Waals surface area contributed by atoms with E-state index in [1.54, 1.807) is 0 Å². The molecule has 1 amide bonds. The summed E-state index contributed by atoms with van der Waals surface area (Å²) >= 11 is 0. The van der Waals surface area contributed by atoms with Crippen molar-refractivity contribution in [2.24, 2.45) is 0 Å². The van der Waals surface area contributed by atoms with Crippen molar-refractivity contribution >= 4 is 5.91 Å². The molecule has 0 radical (unpaired) electrons. The number of rotatable bonds is 5. The lowest BCUT2D eigenvalue weighted by molar-refractivity contribution is -0.126. The van der Waals surface area contributed by atoms with Crippen LogP contribution in [0, 0.1) is 0 Å². The van der Waals surface area contributed by atoms with E-state index in [-0.39, 0.29) is 11.9 Å². The van der Waals surface area contributed by atoms with Crippen LogP contribution in [0.2, 0.25) is 0 Å². The molecule has 3 nitrogen and oxygen atoms in total. The van der Waals surface area contributed by atoms with Crippen LogP contribution >= 0.6 is 0 Å². The Bertz CT molecular complexity index is 681. The summed E-state index contributed by atoms with van der Waals surface area (Å²) in [7, 11) is 0. The van der Waals surface area contributed by atoms with Crippen LogP contribution in [-0.4, -0.2) is 29.9 Å². The fraction of sp³-hybridized carbons (Fsp3) is 0.381. The molecule has 0 unspecified atom stereocenters. The molecule has 0 spiro atoms. The van der Waals surface area contributed by atoms with Gasteiger partial charge in [0.2, 0.25) is 5.91 Å². The number of likely N-dealkylation sites (tertiary alicyclic amines) is 1. The van der Waals surface area contributed by atoms with E-state index in [4.69, 9.17) is 0 Å². The number of benzene rings is 2. The topological polar surface area (TPSA) is 32.3 Å². The lowest BCUT2D eigenvalue weighted by Gasteiger charge is -2.27. The fourth-order valence-electron chi connectivity index (χ4n) is 3.69. The van der Waals surface area contributed by atoms with Gasteiger partial charge in [-0.15, -0.1) is 0 Å². The Hall–Kier alpha value is -2.13. The second-order valence-electron chi connectivity index (χ2n) is 6.99. The van der Waals surface area contributed by atoms with Gasteiger partial charge >= 0.3 is 0 Å². The van der Waals surface area contributed by atoms with Crippen LogP contribution in [0.5, 0.6) is 0 Å². The van der Waals surface area contributed by atoms with Gasteiger partial charge in [-0.05, 0) is 42.9 Å². The first kappa shape index (κ1) is 15.4. The maximum atomic E-state index is 12.9. The molecule has 1 saturated heterocycles. The van der Waals surface area contributed by atoms with Crippen LogP contribution in [-0.2, 0) is 4.79 Å². The van der Waals surface area contributed by atoms with Crippen LogP contribution in [0.1, 0.15) is 42.3 Å². The van der Waals surface area contributed by atoms with Crippen LogP contribution in [0.15, 0.2) is 60.7 Å². The van der Waals surface area contributed by atoms with E-state index in [1.807, 2.05) is 18.2 Å². The van der Waals surface area contributed by atoms with Gasteiger partial charge in [-0.2, -0.15) is 0 Å². The van der Waals surface area contributed by atoms with E-state index in [1.165, 1.54) is 5.56 Å². The summed E-state index contributed by atoms with van der Waals surface area (Å²) in [6.07, 6.45) is 3.36. The molecule has 2 atom stereocenters. The lowest BCUT2D eigenvalue weighted by atomic mass is 9.98. The van der Waals surface area contributed by atoms with Crippen molar-refractivity contribution in [3.8, 4) is 0 Å². The van der Waals surface area contributed by atoms with Gasteiger partial charge in [0.05, 0.1) is 0 Å². The van der Waals surface area contributed by atoms with Crippen LogP contribution in [0.4, 0.5) is 0 Å². The van der Waals surface area contributed by atoms with Crippen molar-refractivity contribution in [2.75, 3.05) is 13.1 Å². The normalized spacial score (nSPS) is 22.2. The maximum absolute atomic E-state index is 12.9. The largest absolute Gasteiger partial charge is 0.352 e. The highest BCUT2D eigenvalue weighted by atomic mass is 16.2. The number of hydrogen-bond acceptors (Lipinski definition) is 2. The number of nitrogens with one attached hydrogen (secondary N) is 1. The molecular formula is C21H24N2O. The molecule has 1 saturated carbocycles. The standard InChI is InChI=1S/C21H24N2O/c24-21(22-19-11-12-19)20(17-9-5-2-6-10-17)23-14-13-18(15-23)16-7-3-1-4-8-16/h1-10,18-20H,11-15H2,(H,22,24)/t18-,20+/m0/s1. The average Bonchev–Trinajstić information content (AvgIpc) is 3.31. The highest BCUT2D eigenvalue weighted by Crippen LogP contribution is 2.33. The molecule has 0 aromatic heterocycles. The minimum absolute atomic E-state index is 0.164. The van der Waals surface area contributed by atoms with Gasteiger partial charge in [0, 0.05) is 12.6 Å². The van der Waals surface area contributed by atoms with E-state index in [0.29, 0.717) is 12.0 Å². The zero-order valence-corrected chi connectivity index (χ0v) is 13.9. The molecule has 2 fully saturated rings. The fourth-order valence-corrected chi connectivity index (χ4v) is 3.69. The zero-order valence-electron chi connectivity index (χ0n) is 13.9. The molecule has 124 valence electrons. The molecule has 0 bridgehead atoms. The van der Waals surface area contributed by atoms with Gasteiger partial charge in [-0.1, -0.05) is 60.7 Å². The van der Waals surface area contributed by atoms with E-state index in [2.05, 4.69) is 52.7 Å². The maximum Gasteiger partial charge on any atom is 0.242 e. The van der Waals surface area contributed by atoms with Crippen molar-refractivity contribution in [1.82, 2.24) is 10.2 Å². The second kappa shape index (κ2) is 6.78. The van der Waals surface area contributed by atoms with Crippen molar-refractivity contribution in [3.63, 3.8) is 0 Å². The predicted molar refractivity (Wildman–Crippen MR) is 95.7 cm³/mol. The summed E-state index contributed by atoms with van der Waals surface area (Å²) in [6.45, 7) is 1.92. The van der Waals surface area contributed by atoms with Crippen molar-refractivity contribution < 1.29 is 4.79 Å². The lowest BCUT2D eigenvalue weighted by Crippen LogP contribution is -2.40. The van der Waals surface area contributed by atoms with Crippen LogP contribution < -0.4 is 5.32 Å². The summed E-state index contributed by atoms with van der Waals surface area (Å²) in [5.74, 6) is 0.684. The van der Waals surface area contributed by atoms with Gasteiger partial charge in [0.15, 0.2) is 0 Å². The quantitative estimate of drug-likeness (QED) is 0.914. The second-order valence-corrected chi connectivity index (χ2v) is 6.99. The number of amides is 1. The Balaban J connectivity index is 1.54. The summed E-state index contributed by atoms with van der Waals surface area (Å²) in [4.78, 5) is 15.2. The van der Waals surface area contributed by atoms with Gasteiger partial charge in [0.1, 0.15) is 6.04 Å². The molecule has 1 heterocycles. The molecule has 3 heteroatoms. The molecule has 24 heavy (non-hydrogen) atoms. The smallest absolute Gasteiger partial charge is 0.242 e. The van der Waals surface area contributed by atoms with Gasteiger partial charge in [-0.3, -0.25) is 9.69 Å². The first-order valence-electron chi connectivity index (χ1n) is 8.95.